The van der Waals surface area contributed by atoms with Crippen LogP contribution in [0.1, 0.15) is 25.5 Å². The summed E-state index contributed by atoms with van der Waals surface area (Å²) < 4.78 is 0. The molecule has 2 N–H and O–H groups in total. The second kappa shape index (κ2) is 5.46. The molecular weight excluding hydrogens is 190 g/mol. The lowest BCUT2D eigenvalue weighted by Crippen LogP contribution is -2.41. The van der Waals surface area contributed by atoms with Gasteiger partial charge >= 0.3 is 0 Å². The number of likely N-dealkylation sites (N-methyl/N-ethyl adjacent to an activating group) is 1. The number of hydrogen-bond donors (Lipinski definition) is 2. The zero-order valence-electron chi connectivity index (χ0n) is 9.32. The average molecular weight is 207 g/mol. The standard InChI is InChI=1S/C11H17N3O/c1-8(10-5-4-6-13-7-10)14-9(2)11(15)12-3/h4-9,14H,1-3H3,(H,12,15). The molecule has 4 nitrogen and oxygen atoms in total. The number of rotatable bonds is 4. The van der Waals surface area contributed by atoms with Crippen molar-refractivity contribution >= 4 is 5.91 Å². The number of carbonyl (C=O) groups excluding carboxylic acids is 1. The fourth-order valence-corrected chi connectivity index (χ4v) is 1.40. The first-order valence-electron chi connectivity index (χ1n) is 5.02. The van der Waals surface area contributed by atoms with Gasteiger partial charge < -0.3 is 5.32 Å². The van der Waals surface area contributed by atoms with E-state index in [9.17, 15) is 4.79 Å². The summed E-state index contributed by atoms with van der Waals surface area (Å²) in [6, 6.07) is 3.79. The molecule has 0 radical (unpaired) electrons. The highest BCUT2D eigenvalue weighted by Crippen LogP contribution is 2.10. The minimum atomic E-state index is -0.204. The SMILES string of the molecule is CNC(=O)C(C)NC(C)c1cccnc1. The minimum Gasteiger partial charge on any atom is -0.358 e. The zero-order chi connectivity index (χ0) is 11.3. The Morgan fingerprint density at radius 1 is 1.47 bits per heavy atom. The van der Waals surface area contributed by atoms with Gasteiger partial charge in [0.15, 0.2) is 0 Å². The third-order valence-electron chi connectivity index (χ3n) is 2.32. The van der Waals surface area contributed by atoms with Crippen molar-refractivity contribution in [2.75, 3.05) is 7.05 Å². The van der Waals surface area contributed by atoms with Crippen LogP contribution in [0.25, 0.3) is 0 Å². The van der Waals surface area contributed by atoms with Crippen LogP contribution in [0, 0.1) is 0 Å². The van der Waals surface area contributed by atoms with Gasteiger partial charge in [0.1, 0.15) is 0 Å². The highest BCUT2D eigenvalue weighted by atomic mass is 16.2. The summed E-state index contributed by atoms with van der Waals surface area (Å²) in [6.45, 7) is 3.85. The summed E-state index contributed by atoms with van der Waals surface area (Å²) in [7, 11) is 1.63. The van der Waals surface area contributed by atoms with Gasteiger partial charge in [-0.05, 0) is 25.5 Å². The molecule has 0 aliphatic rings. The van der Waals surface area contributed by atoms with Crippen molar-refractivity contribution in [3.63, 3.8) is 0 Å². The van der Waals surface area contributed by atoms with Crippen LogP contribution in [0.4, 0.5) is 0 Å². The molecule has 0 aliphatic heterocycles. The van der Waals surface area contributed by atoms with Gasteiger partial charge in [-0.15, -0.1) is 0 Å². The highest BCUT2D eigenvalue weighted by Gasteiger charge is 2.14. The number of nitrogens with zero attached hydrogens (tertiary/aromatic N) is 1. The Hall–Kier alpha value is -1.42. The Morgan fingerprint density at radius 2 is 2.20 bits per heavy atom. The van der Waals surface area contributed by atoms with Crippen molar-refractivity contribution in [3.05, 3.63) is 30.1 Å². The predicted octanol–water partition coefficient (Wildman–Crippen LogP) is 0.867. The van der Waals surface area contributed by atoms with E-state index in [4.69, 9.17) is 0 Å². The average Bonchev–Trinajstić information content (AvgIpc) is 2.29. The first-order valence-corrected chi connectivity index (χ1v) is 5.02. The van der Waals surface area contributed by atoms with Gasteiger partial charge in [0, 0.05) is 25.5 Å². The molecule has 4 heteroatoms. The van der Waals surface area contributed by atoms with E-state index in [0.717, 1.165) is 5.56 Å². The summed E-state index contributed by atoms with van der Waals surface area (Å²) >= 11 is 0. The molecule has 82 valence electrons. The number of hydrogen-bond acceptors (Lipinski definition) is 3. The largest absolute Gasteiger partial charge is 0.358 e. The van der Waals surface area contributed by atoms with Crippen molar-refractivity contribution in [2.45, 2.75) is 25.9 Å². The van der Waals surface area contributed by atoms with Crippen molar-refractivity contribution in [1.29, 1.82) is 0 Å². The van der Waals surface area contributed by atoms with E-state index in [1.54, 1.807) is 19.4 Å². The first kappa shape index (κ1) is 11.7. The van der Waals surface area contributed by atoms with E-state index in [2.05, 4.69) is 15.6 Å². The molecule has 1 rings (SSSR count). The minimum absolute atomic E-state index is 0.00857. The number of carbonyl (C=O) groups is 1. The van der Waals surface area contributed by atoms with E-state index in [-0.39, 0.29) is 18.0 Å². The van der Waals surface area contributed by atoms with E-state index < -0.39 is 0 Å². The molecule has 1 aromatic rings. The van der Waals surface area contributed by atoms with Crippen LogP contribution in [-0.4, -0.2) is 24.0 Å². The van der Waals surface area contributed by atoms with Gasteiger partial charge in [0.25, 0.3) is 0 Å². The molecule has 0 bridgehead atoms. The molecule has 0 spiro atoms. The Balaban J connectivity index is 2.56. The van der Waals surface area contributed by atoms with Crippen molar-refractivity contribution in [1.82, 2.24) is 15.6 Å². The molecule has 0 aromatic carbocycles. The van der Waals surface area contributed by atoms with Crippen molar-refractivity contribution < 1.29 is 4.79 Å². The molecule has 1 aromatic heterocycles. The lowest BCUT2D eigenvalue weighted by atomic mass is 10.1. The second-order valence-electron chi connectivity index (χ2n) is 3.51. The van der Waals surface area contributed by atoms with Gasteiger partial charge in [0.05, 0.1) is 6.04 Å². The van der Waals surface area contributed by atoms with E-state index in [0.29, 0.717) is 0 Å². The monoisotopic (exact) mass is 207 g/mol. The van der Waals surface area contributed by atoms with Gasteiger partial charge in [-0.3, -0.25) is 15.1 Å². The Kier molecular flexibility index (Phi) is 4.24. The molecule has 1 heterocycles. The zero-order valence-corrected chi connectivity index (χ0v) is 9.32. The van der Waals surface area contributed by atoms with Crippen LogP contribution in [0.3, 0.4) is 0 Å². The second-order valence-corrected chi connectivity index (χ2v) is 3.51. The van der Waals surface area contributed by atoms with Crippen molar-refractivity contribution in [2.24, 2.45) is 0 Å². The topological polar surface area (TPSA) is 54.0 Å². The number of aromatic nitrogens is 1. The van der Waals surface area contributed by atoms with Crippen LogP contribution >= 0.6 is 0 Å². The quantitative estimate of drug-likeness (QED) is 0.770. The van der Waals surface area contributed by atoms with Gasteiger partial charge in [-0.1, -0.05) is 6.07 Å². The third kappa shape index (κ3) is 3.32. The Labute approximate surface area is 90.1 Å². The number of amides is 1. The summed E-state index contributed by atoms with van der Waals surface area (Å²) in [6.07, 6.45) is 3.53. The van der Waals surface area contributed by atoms with Crippen LogP contribution in [0.15, 0.2) is 24.5 Å². The summed E-state index contributed by atoms with van der Waals surface area (Å²) in [5.74, 6) is -0.00857. The number of nitrogens with one attached hydrogen (secondary N) is 2. The fraction of sp³-hybridized carbons (Fsp3) is 0.455. The maximum Gasteiger partial charge on any atom is 0.236 e. The third-order valence-corrected chi connectivity index (χ3v) is 2.32. The highest BCUT2D eigenvalue weighted by molar-refractivity contribution is 5.80. The fourth-order valence-electron chi connectivity index (χ4n) is 1.40. The molecule has 0 saturated heterocycles. The molecule has 0 saturated carbocycles. The van der Waals surface area contributed by atoms with Crippen LogP contribution in [-0.2, 0) is 4.79 Å². The lowest BCUT2D eigenvalue weighted by Gasteiger charge is -2.18. The molecule has 0 aliphatic carbocycles. The van der Waals surface area contributed by atoms with Crippen LogP contribution < -0.4 is 10.6 Å². The normalized spacial score (nSPS) is 14.3. The van der Waals surface area contributed by atoms with E-state index in [1.807, 2.05) is 26.0 Å². The van der Waals surface area contributed by atoms with E-state index in [1.165, 1.54) is 0 Å². The molecule has 15 heavy (non-hydrogen) atoms. The molecule has 0 fully saturated rings. The first-order chi connectivity index (χ1) is 7.15. The Morgan fingerprint density at radius 3 is 2.73 bits per heavy atom. The molecule has 2 atom stereocenters. The van der Waals surface area contributed by atoms with Gasteiger partial charge in [-0.25, -0.2) is 0 Å². The summed E-state index contributed by atoms with van der Waals surface area (Å²) in [4.78, 5) is 15.3. The maximum absolute atomic E-state index is 11.3. The Bertz CT molecular complexity index is 313. The van der Waals surface area contributed by atoms with Gasteiger partial charge in [0.2, 0.25) is 5.91 Å². The van der Waals surface area contributed by atoms with Crippen LogP contribution in [0.2, 0.25) is 0 Å². The lowest BCUT2D eigenvalue weighted by molar-refractivity contribution is -0.122. The molecular formula is C11H17N3O. The molecule has 1 amide bonds. The smallest absolute Gasteiger partial charge is 0.236 e. The predicted molar refractivity (Wildman–Crippen MR) is 59.3 cm³/mol. The van der Waals surface area contributed by atoms with Gasteiger partial charge in [-0.2, -0.15) is 0 Å². The summed E-state index contributed by atoms with van der Waals surface area (Å²) in [5, 5.41) is 5.80. The van der Waals surface area contributed by atoms with Crippen LogP contribution in [0.5, 0.6) is 0 Å². The maximum atomic E-state index is 11.3. The van der Waals surface area contributed by atoms with Crippen molar-refractivity contribution in [3.8, 4) is 0 Å². The molecule has 2 unspecified atom stereocenters. The summed E-state index contributed by atoms with van der Waals surface area (Å²) in [5.41, 5.74) is 1.08. The van der Waals surface area contributed by atoms with E-state index >= 15 is 0 Å². The number of pyridine rings is 1.